The number of carbonyl (C=O) groups is 2. The highest BCUT2D eigenvalue weighted by molar-refractivity contribution is 8.00. The number of carbonyl (C=O) groups excluding carboxylic acids is 2. The van der Waals surface area contributed by atoms with E-state index in [0.717, 1.165) is 15.8 Å². The average Bonchev–Trinajstić information content (AvgIpc) is 2.59. The SMILES string of the molecule is CC(=O)Oc1cccc(NC(=O)CSc2nccc3ccccc23)c1. The molecule has 3 aromatic rings. The number of fused-ring (bicyclic) bond motifs is 1. The Kier molecular flexibility index (Phi) is 5.30. The fourth-order valence-electron chi connectivity index (χ4n) is 2.34. The number of hydrogen-bond acceptors (Lipinski definition) is 5. The Morgan fingerprint density at radius 1 is 1.12 bits per heavy atom. The van der Waals surface area contributed by atoms with Crippen molar-refractivity contribution in [1.82, 2.24) is 4.98 Å². The van der Waals surface area contributed by atoms with E-state index < -0.39 is 5.97 Å². The van der Waals surface area contributed by atoms with Gasteiger partial charge in [0.25, 0.3) is 0 Å². The smallest absolute Gasteiger partial charge is 0.308 e. The van der Waals surface area contributed by atoms with Crippen LogP contribution in [0.25, 0.3) is 10.8 Å². The van der Waals surface area contributed by atoms with Gasteiger partial charge in [-0.1, -0.05) is 42.1 Å². The highest BCUT2D eigenvalue weighted by Gasteiger charge is 2.08. The summed E-state index contributed by atoms with van der Waals surface area (Å²) in [6.45, 7) is 1.33. The van der Waals surface area contributed by atoms with Crippen molar-refractivity contribution in [1.29, 1.82) is 0 Å². The third-order valence-corrected chi connectivity index (χ3v) is 4.36. The summed E-state index contributed by atoms with van der Waals surface area (Å²) < 4.78 is 5.01. The fraction of sp³-hybridized carbons (Fsp3) is 0.105. The van der Waals surface area contributed by atoms with E-state index in [1.165, 1.54) is 18.7 Å². The van der Waals surface area contributed by atoms with Crippen molar-refractivity contribution >= 4 is 40.1 Å². The molecule has 1 N–H and O–H groups in total. The number of benzene rings is 2. The molecule has 0 saturated heterocycles. The quantitative estimate of drug-likeness (QED) is 0.429. The molecular formula is C19H16N2O3S. The maximum absolute atomic E-state index is 12.2. The standard InChI is InChI=1S/C19H16N2O3S/c1-13(22)24-16-7-4-6-15(11-16)21-18(23)12-25-19-17-8-3-2-5-14(17)9-10-20-19/h2-11H,12H2,1H3,(H,21,23). The second kappa shape index (κ2) is 7.81. The number of thioether (sulfide) groups is 1. The van der Waals surface area contributed by atoms with Crippen LogP contribution in [0.2, 0.25) is 0 Å². The lowest BCUT2D eigenvalue weighted by Crippen LogP contribution is -2.14. The van der Waals surface area contributed by atoms with Crippen LogP contribution in [0.15, 0.2) is 65.8 Å². The first kappa shape index (κ1) is 17.0. The summed E-state index contributed by atoms with van der Waals surface area (Å²) in [7, 11) is 0. The minimum Gasteiger partial charge on any atom is -0.427 e. The van der Waals surface area contributed by atoms with E-state index >= 15 is 0 Å². The molecule has 1 amide bonds. The van der Waals surface area contributed by atoms with Gasteiger partial charge in [-0.3, -0.25) is 9.59 Å². The van der Waals surface area contributed by atoms with Gasteiger partial charge in [0.05, 0.1) is 5.75 Å². The first-order chi connectivity index (χ1) is 12.1. The van der Waals surface area contributed by atoms with Gasteiger partial charge in [-0.2, -0.15) is 0 Å². The van der Waals surface area contributed by atoms with Crippen LogP contribution in [0.3, 0.4) is 0 Å². The van der Waals surface area contributed by atoms with Gasteiger partial charge in [0.1, 0.15) is 10.8 Å². The van der Waals surface area contributed by atoms with Gasteiger partial charge in [-0.25, -0.2) is 4.98 Å². The first-order valence-corrected chi connectivity index (χ1v) is 8.65. The Morgan fingerprint density at radius 3 is 2.80 bits per heavy atom. The third-order valence-electron chi connectivity index (χ3n) is 3.36. The van der Waals surface area contributed by atoms with Gasteiger partial charge in [-0.05, 0) is 23.6 Å². The second-order valence-electron chi connectivity index (χ2n) is 5.30. The minimum atomic E-state index is -0.402. The van der Waals surface area contributed by atoms with Crippen molar-refractivity contribution in [3.05, 3.63) is 60.8 Å². The van der Waals surface area contributed by atoms with Crippen LogP contribution >= 0.6 is 11.8 Å². The molecular weight excluding hydrogens is 336 g/mol. The van der Waals surface area contributed by atoms with Crippen molar-refractivity contribution < 1.29 is 14.3 Å². The number of esters is 1. The first-order valence-electron chi connectivity index (χ1n) is 7.67. The van der Waals surface area contributed by atoms with Gasteiger partial charge in [0.2, 0.25) is 5.91 Å². The Morgan fingerprint density at radius 2 is 1.96 bits per heavy atom. The molecule has 5 nitrogen and oxygen atoms in total. The zero-order valence-corrected chi connectivity index (χ0v) is 14.4. The number of ether oxygens (including phenoxy) is 1. The summed E-state index contributed by atoms with van der Waals surface area (Å²) in [4.78, 5) is 27.5. The molecule has 0 radical (unpaired) electrons. The van der Waals surface area contributed by atoms with Crippen LogP contribution in [0.5, 0.6) is 5.75 Å². The number of anilines is 1. The molecule has 1 aromatic heterocycles. The van der Waals surface area contributed by atoms with Crippen LogP contribution in [0.1, 0.15) is 6.92 Å². The van der Waals surface area contributed by atoms with Crippen LogP contribution in [0, 0.1) is 0 Å². The number of amides is 1. The van der Waals surface area contributed by atoms with Crippen LogP contribution in [0.4, 0.5) is 5.69 Å². The number of nitrogens with zero attached hydrogens (tertiary/aromatic N) is 1. The highest BCUT2D eigenvalue weighted by Crippen LogP contribution is 2.25. The number of rotatable bonds is 5. The zero-order chi connectivity index (χ0) is 17.6. The molecule has 6 heteroatoms. The van der Waals surface area contributed by atoms with Gasteiger partial charge in [0, 0.05) is 30.3 Å². The Labute approximate surface area is 149 Å². The van der Waals surface area contributed by atoms with Gasteiger partial charge >= 0.3 is 5.97 Å². The maximum atomic E-state index is 12.2. The topological polar surface area (TPSA) is 68.3 Å². The van der Waals surface area contributed by atoms with Gasteiger partial charge in [-0.15, -0.1) is 0 Å². The Bertz CT molecular complexity index is 922. The van der Waals surface area contributed by atoms with Gasteiger partial charge < -0.3 is 10.1 Å². The molecule has 0 unspecified atom stereocenters. The van der Waals surface area contributed by atoms with E-state index in [0.29, 0.717) is 11.4 Å². The molecule has 2 aromatic carbocycles. The normalized spacial score (nSPS) is 10.4. The fourth-order valence-corrected chi connectivity index (χ4v) is 3.16. The zero-order valence-electron chi connectivity index (χ0n) is 13.6. The number of nitrogens with one attached hydrogen (secondary N) is 1. The van der Waals surface area contributed by atoms with E-state index in [2.05, 4.69) is 10.3 Å². The number of hydrogen-bond donors (Lipinski definition) is 1. The third kappa shape index (κ3) is 4.58. The van der Waals surface area contributed by atoms with Crippen LogP contribution < -0.4 is 10.1 Å². The summed E-state index contributed by atoms with van der Waals surface area (Å²) in [5.74, 6) is 0.0770. The molecule has 0 atom stereocenters. The summed E-state index contributed by atoms with van der Waals surface area (Å²) in [5, 5.41) is 5.74. The van der Waals surface area contributed by atoms with Crippen molar-refractivity contribution in [2.24, 2.45) is 0 Å². The largest absolute Gasteiger partial charge is 0.427 e. The molecule has 0 spiro atoms. The molecule has 1 heterocycles. The molecule has 0 saturated carbocycles. The van der Waals surface area contributed by atoms with E-state index in [9.17, 15) is 9.59 Å². The van der Waals surface area contributed by atoms with E-state index in [-0.39, 0.29) is 11.7 Å². The molecule has 25 heavy (non-hydrogen) atoms. The lowest BCUT2D eigenvalue weighted by atomic mass is 10.2. The maximum Gasteiger partial charge on any atom is 0.308 e. The number of pyridine rings is 1. The monoisotopic (exact) mass is 352 g/mol. The number of aromatic nitrogens is 1. The molecule has 0 aliphatic heterocycles. The predicted molar refractivity (Wildman–Crippen MR) is 98.8 cm³/mol. The summed E-state index contributed by atoms with van der Waals surface area (Å²) in [6, 6.07) is 16.6. The van der Waals surface area contributed by atoms with Gasteiger partial charge in [0.15, 0.2) is 0 Å². The second-order valence-corrected chi connectivity index (χ2v) is 6.26. The summed E-state index contributed by atoms with van der Waals surface area (Å²) in [5.41, 5.74) is 0.579. The molecule has 0 aliphatic rings. The highest BCUT2D eigenvalue weighted by atomic mass is 32.2. The predicted octanol–water partition coefficient (Wildman–Crippen LogP) is 3.89. The van der Waals surface area contributed by atoms with Crippen LogP contribution in [-0.2, 0) is 9.59 Å². The van der Waals surface area contributed by atoms with E-state index in [1.54, 1.807) is 30.5 Å². The summed E-state index contributed by atoms with van der Waals surface area (Å²) in [6.07, 6.45) is 1.74. The van der Waals surface area contributed by atoms with Crippen molar-refractivity contribution in [3.8, 4) is 5.75 Å². The minimum absolute atomic E-state index is 0.153. The van der Waals surface area contributed by atoms with E-state index in [1.807, 2.05) is 30.3 Å². The average molecular weight is 352 g/mol. The molecule has 3 rings (SSSR count). The molecule has 0 fully saturated rings. The lowest BCUT2D eigenvalue weighted by molar-refractivity contribution is -0.131. The Balaban J connectivity index is 1.64. The van der Waals surface area contributed by atoms with Crippen molar-refractivity contribution in [3.63, 3.8) is 0 Å². The molecule has 0 aliphatic carbocycles. The summed E-state index contributed by atoms with van der Waals surface area (Å²) >= 11 is 1.38. The van der Waals surface area contributed by atoms with Crippen LogP contribution in [-0.4, -0.2) is 22.6 Å². The Hall–Kier alpha value is -2.86. The molecule has 0 bridgehead atoms. The van der Waals surface area contributed by atoms with Crippen molar-refractivity contribution in [2.45, 2.75) is 11.9 Å². The lowest BCUT2D eigenvalue weighted by Gasteiger charge is -2.08. The van der Waals surface area contributed by atoms with Crippen molar-refractivity contribution in [2.75, 3.05) is 11.1 Å². The van der Waals surface area contributed by atoms with E-state index in [4.69, 9.17) is 4.74 Å². The molecule has 126 valence electrons.